The molecule has 132 valence electrons. The first-order valence-corrected chi connectivity index (χ1v) is 8.79. The summed E-state index contributed by atoms with van der Waals surface area (Å²) in [4.78, 5) is 0. The van der Waals surface area contributed by atoms with Crippen LogP contribution in [0.3, 0.4) is 0 Å². The van der Waals surface area contributed by atoms with Gasteiger partial charge in [0.1, 0.15) is 0 Å². The Morgan fingerprint density at radius 2 is 1.40 bits per heavy atom. The first kappa shape index (κ1) is 19.0. The van der Waals surface area contributed by atoms with Crippen molar-refractivity contribution in [2.75, 3.05) is 0 Å². The first-order valence-electron chi connectivity index (χ1n) is 8.79. The number of nitrogens with zero attached hydrogens (tertiary/aromatic N) is 2. The molecule has 4 heteroatoms. The molecule has 25 heavy (non-hydrogen) atoms. The summed E-state index contributed by atoms with van der Waals surface area (Å²) in [5, 5.41) is 7.81. The van der Waals surface area contributed by atoms with E-state index in [9.17, 15) is 8.78 Å². The van der Waals surface area contributed by atoms with Crippen LogP contribution < -0.4 is 0 Å². The van der Waals surface area contributed by atoms with Crippen LogP contribution >= 0.6 is 0 Å². The minimum atomic E-state index is -0.891. The van der Waals surface area contributed by atoms with Gasteiger partial charge in [-0.25, -0.2) is 8.78 Å². The molecule has 0 aliphatic heterocycles. The monoisotopic (exact) mass is 342 g/mol. The predicted molar refractivity (Wildman–Crippen MR) is 100 cm³/mol. The van der Waals surface area contributed by atoms with Crippen molar-refractivity contribution in [1.29, 1.82) is 0 Å². The van der Waals surface area contributed by atoms with Crippen molar-refractivity contribution in [1.82, 2.24) is 0 Å². The number of rotatable bonds is 9. The van der Waals surface area contributed by atoms with E-state index in [0.29, 0.717) is 5.56 Å². The van der Waals surface area contributed by atoms with Crippen LogP contribution in [0.25, 0.3) is 0 Å². The van der Waals surface area contributed by atoms with Crippen LogP contribution in [-0.2, 0) is 6.42 Å². The fraction of sp³-hybridized carbons (Fsp3) is 0.333. The third-order valence-corrected chi connectivity index (χ3v) is 3.97. The van der Waals surface area contributed by atoms with Gasteiger partial charge >= 0.3 is 0 Å². The van der Waals surface area contributed by atoms with Gasteiger partial charge in [0.05, 0.1) is 12.4 Å². The minimum absolute atomic E-state index is 0.467. The lowest BCUT2D eigenvalue weighted by molar-refractivity contribution is 0.508. The molecule has 0 aromatic heterocycles. The number of aryl methyl sites for hydroxylation is 1. The van der Waals surface area contributed by atoms with E-state index in [1.54, 1.807) is 6.21 Å². The zero-order valence-electron chi connectivity index (χ0n) is 14.6. The summed E-state index contributed by atoms with van der Waals surface area (Å²) in [6, 6.07) is 11.9. The lowest BCUT2D eigenvalue weighted by atomic mass is 10.0. The van der Waals surface area contributed by atoms with Crippen LogP contribution in [0.2, 0.25) is 0 Å². The van der Waals surface area contributed by atoms with Gasteiger partial charge in [-0.15, -0.1) is 0 Å². The second-order valence-corrected chi connectivity index (χ2v) is 6.07. The molecule has 0 radical (unpaired) electrons. The van der Waals surface area contributed by atoms with Crippen LogP contribution in [0.15, 0.2) is 52.7 Å². The Morgan fingerprint density at radius 3 is 2.08 bits per heavy atom. The molecule has 0 amide bonds. The summed E-state index contributed by atoms with van der Waals surface area (Å²) in [6.07, 6.45) is 10.6. The molecule has 0 saturated carbocycles. The highest BCUT2D eigenvalue weighted by Crippen LogP contribution is 2.10. The standard InChI is InChI=1S/C21H24F2N2/c1-2-3-4-5-6-7-17-8-10-18(11-9-17)15-24-25-16-19-12-13-20(22)21(23)14-19/h8-16H,2-7H2,1H3. The van der Waals surface area contributed by atoms with E-state index in [4.69, 9.17) is 0 Å². The number of hydrogen-bond donors (Lipinski definition) is 0. The minimum Gasteiger partial charge on any atom is -0.204 e. The molecule has 0 fully saturated rings. The van der Waals surface area contributed by atoms with Crippen molar-refractivity contribution in [3.63, 3.8) is 0 Å². The molecule has 2 rings (SSSR count). The molecule has 0 unspecified atom stereocenters. The molecule has 0 bridgehead atoms. The maximum atomic E-state index is 13.1. The highest BCUT2D eigenvalue weighted by Gasteiger charge is 2.00. The number of unbranched alkanes of at least 4 members (excludes halogenated alkanes) is 4. The van der Waals surface area contributed by atoms with Gasteiger partial charge in [0.2, 0.25) is 0 Å². The Hall–Kier alpha value is -2.36. The van der Waals surface area contributed by atoms with Gasteiger partial charge in [-0.1, -0.05) is 62.9 Å². The summed E-state index contributed by atoms with van der Waals surface area (Å²) >= 11 is 0. The van der Waals surface area contributed by atoms with Crippen molar-refractivity contribution in [3.8, 4) is 0 Å². The van der Waals surface area contributed by atoms with Gasteiger partial charge in [-0.3, -0.25) is 0 Å². The van der Waals surface area contributed by atoms with Crippen molar-refractivity contribution < 1.29 is 8.78 Å². The Kier molecular flexibility index (Phi) is 7.96. The quantitative estimate of drug-likeness (QED) is 0.306. The Bertz CT molecular complexity index is 706. The van der Waals surface area contributed by atoms with E-state index < -0.39 is 11.6 Å². The topological polar surface area (TPSA) is 24.7 Å². The molecule has 0 aliphatic carbocycles. The van der Waals surface area contributed by atoms with Crippen LogP contribution in [0.5, 0.6) is 0 Å². The van der Waals surface area contributed by atoms with Gasteiger partial charge in [0.15, 0.2) is 11.6 Å². The first-order chi connectivity index (χ1) is 12.2. The molecule has 2 nitrogen and oxygen atoms in total. The predicted octanol–water partition coefficient (Wildman–Crippen LogP) is 5.93. The highest BCUT2D eigenvalue weighted by molar-refractivity contribution is 5.82. The third-order valence-electron chi connectivity index (χ3n) is 3.97. The number of benzene rings is 2. The Labute approximate surface area is 148 Å². The average Bonchev–Trinajstić information content (AvgIpc) is 2.62. The summed E-state index contributed by atoms with van der Waals surface area (Å²) in [5.74, 6) is -1.76. The van der Waals surface area contributed by atoms with Crippen molar-refractivity contribution in [3.05, 3.63) is 70.8 Å². The highest BCUT2D eigenvalue weighted by atomic mass is 19.2. The second-order valence-electron chi connectivity index (χ2n) is 6.07. The molecule has 0 spiro atoms. The molecule has 0 saturated heterocycles. The molecule has 0 heterocycles. The van der Waals surface area contributed by atoms with Gasteiger partial charge in [-0.2, -0.15) is 10.2 Å². The van der Waals surface area contributed by atoms with Crippen LogP contribution in [0, 0.1) is 11.6 Å². The van der Waals surface area contributed by atoms with Gasteiger partial charge < -0.3 is 0 Å². The van der Waals surface area contributed by atoms with E-state index in [1.807, 2.05) is 12.1 Å². The summed E-state index contributed by atoms with van der Waals surface area (Å²) in [5.41, 5.74) is 2.76. The van der Waals surface area contributed by atoms with E-state index in [1.165, 1.54) is 49.9 Å². The van der Waals surface area contributed by atoms with Crippen molar-refractivity contribution >= 4 is 12.4 Å². The van der Waals surface area contributed by atoms with Crippen LogP contribution in [0.4, 0.5) is 8.78 Å². The Morgan fingerprint density at radius 1 is 0.760 bits per heavy atom. The fourth-order valence-electron chi connectivity index (χ4n) is 2.50. The van der Waals surface area contributed by atoms with E-state index >= 15 is 0 Å². The molecule has 2 aromatic rings. The molecule has 0 N–H and O–H groups in total. The van der Waals surface area contributed by atoms with Crippen LogP contribution in [0.1, 0.15) is 55.7 Å². The lowest BCUT2D eigenvalue weighted by Crippen LogP contribution is -1.88. The van der Waals surface area contributed by atoms with Crippen molar-refractivity contribution in [2.45, 2.75) is 45.4 Å². The van der Waals surface area contributed by atoms with E-state index in [0.717, 1.165) is 24.1 Å². The van der Waals surface area contributed by atoms with Crippen LogP contribution in [-0.4, -0.2) is 12.4 Å². The maximum absolute atomic E-state index is 13.1. The molecule has 2 aromatic carbocycles. The molecule has 0 atom stereocenters. The van der Waals surface area contributed by atoms with E-state index in [-0.39, 0.29) is 0 Å². The van der Waals surface area contributed by atoms with Gasteiger partial charge in [0, 0.05) is 0 Å². The fourth-order valence-corrected chi connectivity index (χ4v) is 2.50. The lowest BCUT2D eigenvalue weighted by Gasteiger charge is -2.02. The SMILES string of the molecule is CCCCCCCc1ccc(C=NN=Cc2ccc(F)c(F)c2)cc1. The summed E-state index contributed by atoms with van der Waals surface area (Å²) in [6.45, 7) is 2.22. The number of halogens is 2. The smallest absolute Gasteiger partial charge is 0.159 e. The second kappa shape index (κ2) is 10.5. The number of hydrogen-bond acceptors (Lipinski definition) is 2. The molecule has 0 aliphatic rings. The maximum Gasteiger partial charge on any atom is 0.159 e. The van der Waals surface area contributed by atoms with Crippen molar-refractivity contribution in [2.24, 2.45) is 10.2 Å². The normalized spacial score (nSPS) is 11.6. The van der Waals surface area contributed by atoms with E-state index in [2.05, 4.69) is 29.3 Å². The van der Waals surface area contributed by atoms with Gasteiger partial charge in [-0.05, 0) is 41.7 Å². The zero-order chi connectivity index (χ0) is 17.9. The summed E-state index contributed by atoms with van der Waals surface area (Å²) in [7, 11) is 0. The third kappa shape index (κ3) is 6.96. The largest absolute Gasteiger partial charge is 0.204 e. The molecular formula is C21H24F2N2. The average molecular weight is 342 g/mol. The zero-order valence-corrected chi connectivity index (χ0v) is 14.6. The van der Waals surface area contributed by atoms with Gasteiger partial charge in [0.25, 0.3) is 0 Å². The molecular weight excluding hydrogens is 318 g/mol. The Balaban J connectivity index is 1.80. The summed E-state index contributed by atoms with van der Waals surface area (Å²) < 4.78 is 25.9.